The zero-order chi connectivity index (χ0) is 8.39. The fraction of sp³-hybridized carbons (Fsp3) is 0. The number of nitrogens with zero attached hydrogens (tertiary/aromatic N) is 1. The number of fused-ring (bicyclic) bond motifs is 1. The van der Waals surface area contributed by atoms with Crippen molar-refractivity contribution in [2.24, 2.45) is 5.16 Å². The van der Waals surface area contributed by atoms with Gasteiger partial charge in [0.25, 0.3) is 0 Å². The van der Waals surface area contributed by atoms with Crippen LogP contribution in [0.4, 0.5) is 0 Å². The van der Waals surface area contributed by atoms with Crippen LogP contribution in [0.5, 0.6) is 0 Å². The van der Waals surface area contributed by atoms with Crippen molar-refractivity contribution < 1.29 is 9.62 Å². The van der Waals surface area contributed by atoms with Gasteiger partial charge in [-0.25, -0.2) is 0 Å². The van der Waals surface area contributed by atoms with Crippen molar-refractivity contribution in [3.63, 3.8) is 0 Å². The molecular formula is C9H7NO2. The highest BCUT2D eigenvalue weighted by molar-refractivity contribution is 5.75. The maximum atomic E-state index is 8.62. The van der Waals surface area contributed by atoms with E-state index in [2.05, 4.69) is 5.16 Å². The lowest BCUT2D eigenvalue weighted by Gasteiger charge is -1.93. The van der Waals surface area contributed by atoms with E-state index >= 15 is 0 Å². The molecule has 2 aromatic rings. The molecular weight excluding hydrogens is 154 g/mol. The lowest BCUT2D eigenvalue weighted by atomic mass is 10.2. The van der Waals surface area contributed by atoms with Gasteiger partial charge in [0.05, 0.1) is 6.26 Å². The largest absolute Gasteiger partial charge is 0.464 e. The first-order chi connectivity index (χ1) is 5.92. The van der Waals surface area contributed by atoms with E-state index in [1.54, 1.807) is 6.07 Å². The molecule has 12 heavy (non-hydrogen) atoms. The van der Waals surface area contributed by atoms with Gasteiger partial charge < -0.3 is 9.62 Å². The minimum absolute atomic E-state index is 0.525. The van der Waals surface area contributed by atoms with Crippen molar-refractivity contribution in [3.8, 4) is 0 Å². The average Bonchev–Trinajstić information content (AvgIpc) is 2.17. The Hall–Kier alpha value is -1.77. The molecule has 2 rings (SSSR count). The van der Waals surface area contributed by atoms with E-state index in [1.807, 2.05) is 24.3 Å². The third-order valence-corrected chi connectivity index (χ3v) is 1.69. The molecule has 0 radical (unpaired) electrons. The summed E-state index contributed by atoms with van der Waals surface area (Å²) >= 11 is 0. The lowest BCUT2D eigenvalue weighted by molar-refractivity contribution is 0.302. The molecule has 0 aliphatic heterocycles. The summed E-state index contributed by atoms with van der Waals surface area (Å²) in [5.41, 5.74) is 0.716. The van der Waals surface area contributed by atoms with Crippen molar-refractivity contribution in [1.82, 2.24) is 0 Å². The van der Waals surface area contributed by atoms with Crippen LogP contribution < -0.4 is 5.36 Å². The molecule has 0 atom stereocenters. The average molecular weight is 161 g/mol. The molecule has 1 N–H and O–H groups in total. The Morgan fingerprint density at radius 2 is 2.00 bits per heavy atom. The van der Waals surface area contributed by atoms with Crippen LogP contribution in [-0.2, 0) is 0 Å². The third-order valence-electron chi connectivity index (χ3n) is 1.69. The molecule has 0 saturated heterocycles. The van der Waals surface area contributed by atoms with Crippen LogP contribution in [0.25, 0.3) is 11.0 Å². The number of hydrogen-bond acceptors (Lipinski definition) is 3. The monoisotopic (exact) mass is 161 g/mol. The Morgan fingerprint density at radius 1 is 1.17 bits per heavy atom. The van der Waals surface area contributed by atoms with Gasteiger partial charge in [0.1, 0.15) is 10.9 Å². The van der Waals surface area contributed by atoms with Crippen LogP contribution in [0.2, 0.25) is 0 Å². The molecule has 0 aliphatic carbocycles. The number of rotatable bonds is 0. The van der Waals surface area contributed by atoms with E-state index < -0.39 is 0 Å². The Kier molecular flexibility index (Phi) is 1.55. The predicted molar refractivity (Wildman–Crippen MR) is 43.6 cm³/mol. The normalized spacial score (nSPS) is 12.2. The maximum absolute atomic E-state index is 8.62. The molecule has 0 saturated carbocycles. The van der Waals surface area contributed by atoms with Crippen LogP contribution in [0.15, 0.2) is 46.2 Å². The summed E-state index contributed by atoms with van der Waals surface area (Å²) in [6.07, 6.45) is 1.50. The molecule has 3 nitrogen and oxygen atoms in total. The van der Waals surface area contributed by atoms with Gasteiger partial charge >= 0.3 is 0 Å². The Balaban J connectivity index is 2.99. The van der Waals surface area contributed by atoms with E-state index in [0.29, 0.717) is 10.9 Å². The second kappa shape index (κ2) is 2.70. The summed E-state index contributed by atoms with van der Waals surface area (Å²) in [7, 11) is 0. The van der Waals surface area contributed by atoms with Gasteiger partial charge in [0.2, 0.25) is 0 Å². The van der Waals surface area contributed by atoms with Gasteiger partial charge in [-0.15, -0.1) is 0 Å². The molecule has 0 spiro atoms. The molecule has 0 fully saturated rings. The molecule has 0 bridgehead atoms. The zero-order valence-corrected chi connectivity index (χ0v) is 6.27. The first-order valence-electron chi connectivity index (χ1n) is 3.56. The number of para-hydroxylation sites is 1. The zero-order valence-electron chi connectivity index (χ0n) is 6.27. The van der Waals surface area contributed by atoms with Gasteiger partial charge in [0, 0.05) is 11.5 Å². The second-order valence-corrected chi connectivity index (χ2v) is 2.40. The Bertz CT molecular complexity index is 454. The summed E-state index contributed by atoms with van der Waals surface area (Å²) in [4.78, 5) is 0. The van der Waals surface area contributed by atoms with Gasteiger partial charge in [-0.1, -0.05) is 17.3 Å². The summed E-state index contributed by atoms with van der Waals surface area (Å²) in [6.45, 7) is 0. The van der Waals surface area contributed by atoms with E-state index in [0.717, 1.165) is 5.39 Å². The van der Waals surface area contributed by atoms with Crippen molar-refractivity contribution in [3.05, 3.63) is 42.0 Å². The van der Waals surface area contributed by atoms with Crippen molar-refractivity contribution in [2.75, 3.05) is 0 Å². The Morgan fingerprint density at radius 3 is 2.83 bits per heavy atom. The van der Waals surface area contributed by atoms with Gasteiger partial charge in [0.15, 0.2) is 0 Å². The minimum atomic E-state index is 0.525. The van der Waals surface area contributed by atoms with Crippen LogP contribution >= 0.6 is 0 Å². The topological polar surface area (TPSA) is 45.7 Å². The van der Waals surface area contributed by atoms with Gasteiger partial charge in [-0.3, -0.25) is 0 Å². The smallest absolute Gasteiger partial charge is 0.136 e. The van der Waals surface area contributed by atoms with Gasteiger partial charge in [-0.05, 0) is 12.1 Å². The minimum Gasteiger partial charge on any atom is -0.464 e. The highest BCUT2D eigenvalue weighted by Crippen LogP contribution is 2.07. The van der Waals surface area contributed by atoms with E-state index in [9.17, 15) is 0 Å². The van der Waals surface area contributed by atoms with Gasteiger partial charge in [-0.2, -0.15) is 0 Å². The molecule has 0 unspecified atom stereocenters. The summed E-state index contributed by atoms with van der Waals surface area (Å²) in [5.74, 6) is 0. The van der Waals surface area contributed by atoms with E-state index in [4.69, 9.17) is 9.62 Å². The standard InChI is InChI=1S/C9H7NO2/c11-10-8-5-6-12-9-4-2-1-3-7(8)9/h1-6,11H/b10-8+. The third kappa shape index (κ3) is 0.955. The predicted octanol–water partition coefficient (Wildman–Crippen LogP) is 1.72. The molecule has 60 valence electrons. The second-order valence-electron chi connectivity index (χ2n) is 2.40. The highest BCUT2D eigenvalue weighted by atomic mass is 16.4. The van der Waals surface area contributed by atoms with Crippen molar-refractivity contribution in [2.45, 2.75) is 0 Å². The molecule has 3 heteroatoms. The molecule has 1 aromatic heterocycles. The summed E-state index contributed by atoms with van der Waals surface area (Å²) in [6, 6.07) is 9.01. The summed E-state index contributed by atoms with van der Waals surface area (Å²) in [5, 5.41) is 13.1. The molecule has 1 heterocycles. The number of benzene rings is 1. The molecule has 0 amide bonds. The maximum Gasteiger partial charge on any atom is 0.136 e. The fourth-order valence-corrected chi connectivity index (χ4v) is 1.13. The van der Waals surface area contributed by atoms with Crippen molar-refractivity contribution >= 4 is 11.0 Å². The first kappa shape index (κ1) is 6.91. The number of hydrogen-bond donors (Lipinski definition) is 1. The summed E-state index contributed by atoms with van der Waals surface area (Å²) < 4.78 is 5.18. The quantitative estimate of drug-likeness (QED) is 0.472. The van der Waals surface area contributed by atoms with E-state index in [1.165, 1.54) is 6.26 Å². The molecule has 0 aliphatic rings. The van der Waals surface area contributed by atoms with Crippen LogP contribution in [0.1, 0.15) is 0 Å². The lowest BCUT2D eigenvalue weighted by Crippen LogP contribution is -2.00. The SMILES string of the molecule is O/N=c1\ccoc2ccccc12. The van der Waals surface area contributed by atoms with E-state index in [-0.39, 0.29) is 0 Å². The van der Waals surface area contributed by atoms with Crippen molar-refractivity contribution in [1.29, 1.82) is 0 Å². The van der Waals surface area contributed by atoms with Crippen LogP contribution in [0, 0.1) is 0 Å². The first-order valence-corrected chi connectivity index (χ1v) is 3.56. The highest BCUT2D eigenvalue weighted by Gasteiger charge is 1.94. The Labute approximate surface area is 68.6 Å². The van der Waals surface area contributed by atoms with Crippen LogP contribution in [0.3, 0.4) is 0 Å². The molecule has 1 aromatic carbocycles. The fourth-order valence-electron chi connectivity index (χ4n) is 1.13. The van der Waals surface area contributed by atoms with Crippen LogP contribution in [-0.4, -0.2) is 5.21 Å².